The molecule has 0 aromatic heterocycles. The van der Waals surface area contributed by atoms with E-state index in [2.05, 4.69) is 5.32 Å². The summed E-state index contributed by atoms with van der Waals surface area (Å²) < 4.78 is 16.1. The molecule has 0 aliphatic carbocycles. The minimum Gasteiger partial charge on any atom is -0.493 e. The van der Waals surface area contributed by atoms with E-state index in [1.807, 2.05) is 13.8 Å². The highest BCUT2D eigenvalue weighted by atomic mass is 16.5. The Hall–Kier alpha value is -1.95. The van der Waals surface area contributed by atoms with Crippen molar-refractivity contribution in [3.05, 3.63) is 18.2 Å². The van der Waals surface area contributed by atoms with Crippen molar-refractivity contribution in [2.75, 3.05) is 20.8 Å². The van der Waals surface area contributed by atoms with Crippen LogP contribution in [0.1, 0.15) is 20.3 Å². The maximum absolute atomic E-state index is 11.2. The number of aliphatic carboxylic acids is 1. The van der Waals surface area contributed by atoms with Crippen LogP contribution in [-0.4, -0.2) is 44.0 Å². The largest absolute Gasteiger partial charge is 0.493 e. The number of benzene rings is 1. The number of ether oxygens (including phenoxy) is 3. The fourth-order valence-electron chi connectivity index (χ4n) is 1.92. The van der Waals surface area contributed by atoms with Crippen molar-refractivity contribution < 1.29 is 24.1 Å². The van der Waals surface area contributed by atoms with E-state index in [0.29, 0.717) is 23.7 Å². The molecule has 1 unspecified atom stereocenters. The number of nitrogens with one attached hydrogen (secondary N) is 1. The van der Waals surface area contributed by atoms with E-state index in [9.17, 15) is 4.79 Å². The molecule has 2 N–H and O–H groups in total. The number of hydrogen-bond acceptors (Lipinski definition) is 5. The average Bonchev–Trinajstić information content (AvgIpc) is 2.45. The monoisotopic (exact) mass is 297 g/mol. The fourth-order valence-corrected chi connectivity index (χ4v) is 1.92. The Morgan fingerprint density at radius 3 is 2.24 bits per heavy atom. The van der Waals surface area contributed by atoms with E-state index in [0.717, 1.165) is 0 Å². The summed E-state index contributed by atoms with van der Waals surface area (Å²) in [6.45, 7) is 4.05. The number of carbonyl (C=O) groups is 1. The molecular formula is C15H23NO5. The standard InChI is InChI=1S/C15H23NO5/c1-10(2)16-11(15(17)18)8-9-21-14-12(19-3)6-5-7-13(14)20-4/h5-7,10-11,16H,8-9H2,1-4H3,(H,17,18). The van der Waals surface area contributed by atoms with Crippen LogP contribution in [0.3, 0.4) is 0 Å². The second-order valence-corrected chi connectivity index (χ2v) is 4.84. The van der Waals surface area contributed by atoms with Crippen LogP contribution in [0.5, 0.6) is 17.2 Å². The van der Waals surface area contributed by atoms with E-state index in [4.69, 9.17) is 19.3 Å². The molecule has 21 heavy (non-hydrogen) atoms. The summed E-state index contributed by atoms with van der Waals surface area (Å²) in [4.78, 5) is 11.2. The molecule has 1 aromatic rings. The molecule has 0 amide bonds. The second-order valence-electron chi connectivity index (χ2n) is 4.84. The van der Waals surface area contributed by atoms with E-state index >= 15 is 0 Å². The summed E-state index contributed by atoms with van der Waals surface area (Å²) in [6, 6.07) is 4.76. The van der Waals surface area contributed by atoms with E-state index in [1.54, 1.807) is 32.4 Å². The first-order chi connectivity index (χ1) is 9.99. The van der Waals surface area contributed by atoms with Gasteiger partial charge in [-0.25, -0.2) is 0 Å². The lowest BCUT2D eigenvalue weighted by atomic mass is 10.2. The van der Waals surface area contributed by atoms with Crippen molar-refractivity contribution in [2.24, 2.45) is 0 Å². The first-order valence-corrected chi connectivity index (χ1v) is 6.82. The third-order valence-corrected chi connectivity index (χ3v) is 2.87. The summed E-state index contributed by atoms with van der Waals surface area (Å²) in [5.74, 6) is 0.701. The molecule has 0 bridgehead atoms. The van der Waals surface area contributed by atoms with Crippen LogP contribution < -0.4 is 19.5 Å². The summed E-state index contributed by atoms with van der Waals surface area (Å²) in [7, 11) is 3.09. The van der Waals surface area contributed by atoms with Gasteiger partial charge in [-0.1, -0.05) is 19.9 Å². The molecule has 0 heterocycles. The van der Waals surface area contributed by atoms with Crippen LogP contribution in [0, 0.1) is 0 Å². The van der Waals surface area contributed by atoms with Crippen molar-refractivity contribution in [1.29, 1.82) is 0 Å². The SMILES string of the molecule is COc1cccc(OC)c1OCCC(NC(C)C)C(=O)O. The van der Waals surface area contributed by atoms with Crippen molar-refractivity contribution in [3.8, 4) is 17.2 Å². The molecule has 118 valence electrons. The third-order valence-electron chi connectivity index (χ3n) is 2.87. The van der Waals surface area contributed by atoms with Crippen LogP contribution in [0.25, 0.3) is 0 Å². The van der Waals surface area contributed by atoms with Gasteiger partial charge in [0.05, 0.1) is 20.8 Å². The summed E-state index contributed by atoms with van der Waals surface area (Å²) >= 11 is 0. The lowest BCUT2D eigenvalue weighted by Crippen LogP contribution is -2.41. The van der Waals surface area contributed by atoms with Crippen LogP contribution in [0.4, 0.5) is 0 Å². The second kappa shape index (κ2) is 8.36. The molecule has 1 aromatic carbocycles. The number of rotatable bonds is 9. The fraction of sp³-hybridized carbons (Fsp3) is 0.533. The van der Waals surface area contributed by atoms with Gasteiger partial charge in [0, 0.05) is 12.5 Å². The van der Waals surface area contributed by atoms with Crippen LogP contribution in [0.15, 0.2) is 18.2 Å². The Bertz CT molecular complexity index is 439. The molecular weight excluding hydrogens is 274 g/mol. The molecule has 0 aliphatic rings. The number of hydrogen-bond donors (Lipinski definition) is 2. The summed E-state index contributed by atoms with van der Waals surface area (Å²) in [6.07, 6.45) is 0.342. The normalized spacial score (nSPS) is 12.0. The Kier molecular flexibility index (Phi) is 6.81. The Labute approximate surface area is 125 Å². The molecule has 1 rings (SSSR count). The van der Waals surface area contributed by atoms with Crippen molar-refractivity contribution in [1.82, 2.24) is 5.32 Å². The zero-order valence-corrected chi connectivity index (χ0v) is 12.9. The van der Waals surface area contributed by atoms with Gasteiger partial charge in [-0.3, -0.25) is 4.79 Å². The van der Waals surface area contributed by atoms with Gasteiger partial charge in [0.2, 0.25) is 5.75 Å². The Morgan fingerprint density at radius 2 is 1.81 bits per heavy atom. The molecule has 0 saturated carbocycles. The molecule has 6 nitrogen and oxygen atoms in total. The first-order valence-electron chi connectivity index (χ1n) is 6.82. The average molecular weight is 297 g/mol. The third kappa shape index (κ3) is 5.15. The molecule has 6 heteroatoms. The zero-order chi connectivity index (χ0) is 15.8. The highest BCUT2D eigenvalue weighted by Gasteiger charge is 2.19. The van der Waals surface area contributed by atoms with Gasteiger partial charge in [0.25, 0.3) is 0 Å². The van der Waals surface area contributed by atoms with Gasteiger partial charge >= 0.3 is 5.97 Å². The molecule has 0 aliphatic heterocycles. The van der Waals surface area contributed by atoms with Gasteiger partial charge in [-0.2, -0.15) is 0 Å². The van der Waals surface area contributed by atoms with Gasteiger partial charge in [-0.15, -0.1) is 0 Å². The van der Waals surface area contributed by atoms with Crippen molar-refractivity contribution in [3.63, 3.8) is 0 Å². The quantitative estimate of drug-likeness (QED) is 0.725. The summed E-state index contributed by atoms with van der Waals surface area (Å²) in [5, 5.41) is 12.1. The van der Waals surface area contributed by atoms with E-state index in [-0.39, 0.29) is 12.6 Å². The highest BCUT2D eigenvalue weighted by Crippen LogP contribution is 2.36. The zero-order valence-electron chi connectivity index (χ0n) is 12.9. The smallest absolute Gasteiger partial charge is 0.320 e. The van der Waals surface area contributed by atoms with Gasteiger partial charge in [0.15, 0.2) is 11.5 Å². The van der Waals surface area contributed by atoms with Crippen LogP contribution in [-0.2, 0) is 4.79 Å². The number of methoxy groups -OCH3 is 2. The molecule has 0 radical (unpaired) electrons. The van der Waals surface area contributed by atoms with Gasteiger partial charge in [0.1, 0.15) is 6.04 Å². The number of carboxylic acids is 1. The Morgan fingerprint density at radius 1 is 1.24 bits per heavy atom. The maximum atomic E-state index is 11.2. The molecule has 0 saturated heterocycles. The minimum absolute atomic E-state index is 0.0897. The molecule has 0 fully saturated rings. The lowest BCUT2D eigenvalue weighted by molar-refractivity contribution is -0.140. The Balaban J connectivity index is 2.68. The van der Waals surface area contributed by atoms with Gasteiger partial charge < -0.3 is 24.6 Å². The predicted octanol–water partition coefficient (Wildman–Crippen LogP) is 1.92. The van der Waals surface area contributed by atoms with Crippen molar-refractivity contribution in [2.45, 2.75) is 32.4 Å². The highest BCUT2D eigenvalue weighted by molar-refractivity contribution is 5.73. The maximum Gasteiger partial charge on any atom is 0.320 e. The van der Waals surface area contributed by atoms with Gasteiger partial charge in [-0.05, 0) is 12.1 Å². The van der Waals surface area contributed by atoms with Crippen molar-refractivity contribution >= 4 is 5.97 Å². The van der Waals surface area contributed by atoms with Crippen LogP contribution in [0.2, 0.25) is 0 Å². The molecule has 0 spiro atoms. The first kappa shape index (κ1) is 17.1. The number of para-hydroxylation sites is 1. The van der Waals surface area contributed by atoms with E-state index in [1.165, 1.54) is 0 Å². The van der Waals surface area contributed by atoms with Crippen LogP contribution >= 0.6 is 0 Å². The minimum atomic E-state index is -0.890. The lowest BCUT2D eigenvalue weighted by Gasteiger charge is -2.18. The van der Waals surface area contributed by atoms with E-state index < -0.39 is 12.0 Å². The summed E-state index contributed by atoms with van der Waals surface area (Å²) in [5.41, 5.74) is 0. The molecule has 1 atom stereocenters. The topological polar surface area (TPSA) is 77.0 Å². The number of carboxylic acid groups (broad SMARTS) is 1. The predicted molar refractivity (Wildman–Crippen MR) is 79.4 cm³/mol.